The first-order chi connectivity index (χ1) is 14.5. The van der Waals surface area contributed by atoms with Gasteiger partial charge < -0.3 is 10.2 Å². The lowest BCUT2D eigenvalue weighted by Crippen LogP contribution is -2.47. The van der Waals surface area contributed by atoms with Crippen molar-refractivity contribution in [2.45, 2.75) is 57.4 Å². The summed E-state index contributed by atoms with van der Waals surface area (Å²) in [6.45, 7) is 4.45. The second-order valence-electron chi connectivity index (χ2n) is 8.54. The molecule has 1 aromatic carbocycles. The molecule has 2 fully saturated rings. The Balaban J connectivity index is 1.31. The van der Waals surface area contributed by atoms with Gasteiger partial charge >= 0.3 is 0 Å². The van der Waals surface area contributed by atoms with E-state index in [9.17, 15) is 13.6 Å². The normalized spacial score (nSPS) is 22.5. The first-order valence-electron chi connectivity index (χ1n) is 11.1. The van der Waals surface area contributed by atoms with Crippen LogP contribution >= 0.6 is 0 Å². The number of benzene rings is 1. The zero-order valence-electron chi connectivity index (χ0n) is 17.6. The molecule has 0 unspecified atom stereocenters. The minimum absolute atomic E-state index is 0.0738. The van der Waals surface area contributed by atoms with Gasteiger partial charge in [-0.2, -0.15) is 5.26 Å². The van der Waals surface area contributed by atoms with Crippen LogP contribution in [-0.2, 0) is 4.79 Å². The summed E-state index contributed by atoms with van der Waals surface area (Å²) in [5, 5.41) is 11.7. The average Bonchev–Trinajstić information content (AvgIpc) is 2.73. The molecule has 1 aliphatic heterocycles. The highest BCUT2D eigenvalue weighted by Crippen LogP contribution is 2.27. The number of unbranched alkanes of at least 4 members (excludes halogenated alkanes) is 1. The third-order valence-electron chi connectivity index (χ3n) is 6.34. The van der Waals surface area contributed by atoms with Crippen LogP contribution < -0.4 is 10.2 Å². The molecule has 1 aliphatic carbocycles. The van der Waals surface area contributed by atoms with E-state index in [-0.39, 0.29) is 11.9 Å². The van der Waals surface area contributed by atoms with E-state index in [1.165, 1.54) is 12.1 Å². The lowest BCUT2D eigenvalue weighted by Gasteiger charge is -2.37. The van der Waals surface area contributed by atoms with Crippen molar-refractivity contribution in [1.82, 2.24) is 10.2 Å². The number of amides is 1. The molecule has 1 amide bonds. The first-order valence-corrected chi connectivity index (χ1v) is 11.1. The van der Waals surface area contributed by atoms with Crippen molar-refractivity contribution in [3.63, 3.8) is 0 Å². The molecule has 30 heavy (non-hydrogen) atoms. The molecule has 0 bridgehead atoms. The highest BCUT2D eigenvalue weighted by atomic mass is 19.1. The van der Waals surface area contributed by atoms with E-state index >= 15 is 0 Å². The summed E-state index contributed by atoms with van der Waals surface area (Å²) in [7, 11) is 0. The Labute approximate surface area is 178 Å². The van der Waals surface area contributed by atoms with Crippen molar-refractivity contribution in [2.24, 2.45) is 5.92 Å². The molecule has 0 radical (unpaired) electrons. The van der Waals surface area contributed by atoms with Crippen molar-refractivity contribution in [3.8, 4) is 6.07 Å². The standard InChI is InChI=1S/C23H32F2N4O/c24-19-15-20(25)17-22(16-19)29-13-11-28(12-14-29)10-8-18-4-6-21(7-5-18)27-23(30)3-1-2-9-26/h15-18,21H,1-8,10-14H2,(H,27,30). The quantitative estimate of drug-likeness (QED) is 0.652. The van der Waals surface area contributed by atoms with Gasteiger partial charge in [0.15, 0.2) is 0 Å². The summed E-state index contributed by atoms with van der Waals surface area (Å²) < 4.78 is 26.9. The molecule has 0 atom stereocenters. The zero-order valence-corrected chi connectivity index (χ0v) is 17.6. The van der Waals surface area contributed by atoms with Gasteiger partial charge in [-0.3, -0.25) is 9.69 Å². The molecule has 0 aromatic heterocycles. The molecule has 0 spiro atoms. The number of carbonyl (C=O) groups is 1. The third-order valence-corrected chi connectivity index (χ3v) is 6.34. The minimum Gasteiger partial charge on any atom is -0.369 e. The van der Waals surface area contributed by atoms with E-state index in [4.69, 9.17) is 5.26 Å². The van der Waals surface area contributed by atoms with Crippen LogP contribution in [0.25, 0.3) is 0 Å². The molecule has 3 rings (SSSR count). The Bertz CT molecular complexity index is 715. The van der Waals surface area contributed by atoms with E-state index in [2.05, 4.69) is 16.3 Å². The fourth-order valence-electron chi connectivity index (χ4n) is 4.54. The SMILES string of the molecule is N#CCCCC(=O)NC1CCC(CCN2CCN(c3cc(F)cc(F)c3)CC2)CC1. The number of rotatable bonds is 8. The topological polar surface area (TPSA) is 59.4 Å². The van der Waals surface area contributed by atoms with Crippen LogP contribution in [-0.4, -0.2) is 49.6 Å². The van der Waals surface area contributed by atoms with Gasteiger partial charge in [0.2, 0.25) is 5.91 Å². The van der Waals surface area contributed by atoms with Crippen molar-refractivity contribution >= 4 is 11.6 Å². The van der Waals surface area contributed by atoms with Crippen LogP contribution in [0.15, 0.2) is 18.2 Å². The number of halogens is 2. The lowest BCUT2D eigenvalue weighted by molar-refractivity contribution is -0.122. The number of nitriles is 1. The van der Waals surface area contributed by atoms with Crippen molar-refractivity contribution in [1.29, 1.82) is 5.26 Å². The largest absolute Gasteiger partial charge is 0.369 e. The van der Waals surface area contributed by atoms with Crippen LogP contribution in [0.1, 0.15) is 51.4 Å². The number of nitrogens with one attached hydrogen (secondary N) is 1. The molecular weight excluding hydrogens is 386 g/mol. The maximum Gasteiger partial charge on any atom is 0.220 e. The molecule has 1 heterocycles. The zero-order chi connectivity index (χ0) is 21.3. The predicted octanol–water partition coefficient (Wildman–Crippen LogP) is 3.85. The summed E-state index contributed by atoms with van der Waals surface area (Å²) in [6.07, 6.45) is 7.05. The fraction of sp³-hybridized carbons (Fsp3) is 0.652. The number of carbonyl (C=O) groups excluding carboxylic acids is 1. The molecule has 1 aromatic rings. The summed E-state index contributed by atoms with van der Waals surface area (Å²) in [6, 6.07) is 6.07. The van der Waals surface area contributed by atoms with Crippen molar-refractivity contribution in [2.75, 3.05) is 37.6 Å². The van der Waals surface area contributed by atoms with Gasteiger partial charge in [0.1, 0.15) is 11.6 Å². The Morgan fingerprint density at radius 1 is 1.07 bits per heavy atom. The van der Waals surface area contributed by atoms with Gasteiger partial charge in [0.05, 0.1) is 6.07 Å². The Morgan fingerprint density at radius 3 is 2.37 bits per heavy atom. The van der Waals surface area contributed by atoms with Crippen molar-refractivity contribution in [3.05, 3.63) is 29.8 Å². The Morgan fingerprint density at radius 2 is 1.73 bits per heavy atom. The Kier molecular flexibility index (Phi) is 8.44. The second kappa shape index (κ2) is 11.3. The molecular formula is C23H32F2N4O. The first kappa shape index (κ1) is 22.5. The van der Waals surface area contributed by atoms with Gasteiger partial charge in [-0.1, -0.05) is 0 Å². The van der Waals surface area contributed by atoms with Crippen LogP contribution in [0.3, 0.4) is 0 Å². The van der Waals surface area contributed by atoms with Gasteiger partial charge in [0.25, 0.3) is 0 Å². The summed E-state index contributed by atoms with van der Waals surface area (Å²) in [4.78, 5) is 16.4. The van der Waals surface area contributed by atoms with Crippen molar-refractivity contribution < 1.29 is 13.6 Å². The monoisotopic (exact) mass is 418 g/mol. The molecule has 1 N–H and O–H groups in total. The van der Waals surface area contributed by atoms with E-state index in [0.717, 1.165) is 70.9 Å². The van der Waals surface area contributed by atoms with E-state index in [1.54, 1.807) is 0 Å². The molecule has 1 saturated heterocycles. The highest BCUT2D eigenvalue weighted by molar-refractivity contribution is 5.76. The summed E-state index contributed by atoms with van der Waals surface area (Å²) in [5.74, 6) is -0.278. The molecule has 1 saturated carbocycles. The number of nitrogens with zero attached hydrogens (tertiary/aromatic N) is 3. The minimum atomic E-state index is -0.526. The van der Waals surface area contributed by atoms with Crippen LogP contribution in [0, 0.1) is 28.9 Å². The number of piperazine rings is 1. The number of hydrogen-bond donors (Lipinski definition) is 1. The highest BCUT2D eigenvalue weighted by Gasteiger charge is 2.24. The average molecular weight is 419 g/mol. The molecule has 2 aliphatic rings. The maximum absolute atomic E-state index is 13.4. The summed E-state index contributed by atoms with van der Waals surface area (Å²) >= 11 is 0. The predicted molar refractivity (Wildman–Crippen MR) is 113 cm³/mol. The van der Waals surface area contributed by atoms with Gasteiger partial charge in [-0.15, -0.1) is 0 Å². The lowest BCUT2D eigenvalue weighted by atomic mass is 9.84. The number of hydrogen-bond acceptors (Lipinski definition) is 4. The summed E-state index contributed by atoms with van der Waals surface area (Å²) in [5.41, 5.74) is 0.625. The maximum atomic E-state index is 13.4. The van der Waals surface area contributed by atoms with E-state index in [0.29, 0.717) is 30.9 Å². The number of anilines is 1. The molecule has 7 heteroatoms. The smallest absolute Gasteiger partial charge is 0.220 e. The molecule has 5 nitrogen and oxygen atoms in total. The van der Waals surface area contributed by atoms with E-state index in [1.807, 2.05) is 4.90 Å². The third kappa shape index (κ3) is 6.94. The van der Waals surface area contributed by atoms with Crippen LogP contribution in [0.5, 0.6) is 0 Å². The molecule has 164 valence electrons. The van der Waals surface area contributed by atoms with Gasteiger partial charge in [-0.05, 0) is 63.1 Å². The fourth-order valence-corrected chi connectivity index (χ4v) is 4.54. The van der Waals surface area contributed by atoms with Crippen LogP contribution in [0.2, 0.25) is 0 Å². The van der Waals surface area contributed by atoms with E-state index < -0.39 is 11.6 Å². The Hall–Kier alpha value is -2.20. The van der Waals surface area contributed by atoms with Crippen LogP contribution in [0.4, 0.5) is 14.5 Å². The van der Waals surface area contributed by atoms with Gasteiger partial charge in [-0.25, -0.2) is 8.78 Å². The second-order valence-corrected chi connectivity index (χ2v) is 8.54. The van der Waals surface area contributed by atoms with Gasteiger partial charge in [0, 0.05) is 56.8 Å².